The average Bonchev–Trinajstić information content (AvgIpc) is 2.94. The van der Waals surface area contributed by atoms with E-state index < -0.39 is 0 Å². The predicted octanol–water partition coefficient (Wildman–Crippen LogP) is 3.59. The number of aromatic nitrogens is 2. The van der Waals surface area contributed by atoms with Crippen LogP contribution in [-0.4, -0.2) is 28.4 Å². The standard InChI is InChI=1S/C14H17ClN4OS2/c1-3-16-13-18-19-14(22-13)21-8-12(20)17-9(2)10-4-6-11(15)7-5-10/h4-7,9H,3,8H2,1-2H3,(H,16,18)(H,17,20). The van der Waals surface area contributed by atoms with E-state index in [4.69, 9.17) is 11.6 Å². The Morgan fingerprint density at radius 2 is 2.09 bits per heavy atom. The smallest absolute Gasteiger partial charge is 0.230 e. The van der Waals surface area contributed by atoms with Gasteiger partial charge in [-0.1, -0.05) is 46.8 Å². The molecule has 2 N–H and O–H groups in total. The second kappa shape index (κ2) is 8.36. The molecule has 0 aliphatic heterocycles. The molecule has 0 saturated heterocycles. The summed E-state index contributed by atoms with van der Waals surface area (Å²) in [4.78, 5) is 12.0. The van der Waals surface area contributed by atoms with Gasteiger partial charge in [0.05, 0.1) is 11.8 Å². The maximum atomic E-state index is 12.0. The van der Waals surface area contributed by atoms with Crippen LogP contribution in [-0.2, 0) is 4.79 Å². The molecule has 2 aromatic rings. The van der Waals surface area contributed by atoms with E-state index in [1.54, 1.807) is 0 Å². The fourth-order valence-electron chi connectivity index (χ4n) is 1.74. The number of hydrogen-bond acceptors (Lipinski definition) is 6. The molecule has 1 unspecified atom stereocenters. The molecule has 1 heterocycles. The average molecular weight is 357 g/mol. The Morgan fingerprint density at radius 3 is 2.77 bits per heavy atom. The molecule has 0 aliphatic rings. The molecule has 8 heteroatoms. The molecule has 1 aromatic heterocycles. The van der Waals surface area contributed by atoms with Gasteiger partial charge in [-0.3, -0.25) is 4.79 Å². The largest absolute Gasteiger partial charge is 0.360 e. The van der Waals surface area contributed by atoms with E-state index in [0.29, 0.717) is 10.8 Å². The van der Waals surface area contributed by atoms with E-state index in [0.717, 1.165) is 21.6 Å². The molecule has 0 aliphatic carbocycles. The van der Waals surface area contributed by atoms with Gasteiger partial charge in [-0.15, -0.1) is 10.2 Å². The molecule has 0 spiro atoms. The lowest BCUT2D eigenvalue weighted by molar-refractivity contribution is -0.119. The maximum absolute atomic E-state index is 12.0. The van der Waals surface area contributed by atoms with Crippen molar-refractivity contribution >= 4 is 45.7 Å². The van der Waals surface area contributed by atoms with Crippen molar-refractivity contribution in [1.29, 1.82) is 0 Å². The summed E-state index contributed by atoms with van der Waals surface area (Å²) in [5, 5.41) is 15.5. The minimum Gasteiger partial charge on any atom is -0.360 e. The van der Waals surface area contributed by atoms with E-state index in [2.05, 4.69) is 20.8 Å². The van der Waals surface area contributed by atoms with Gasteiger partial charge < -0.3 is 10.6 Å². The zero-order valence-corrected chi connectivity index (χ0v) is 14.7. The highest BCUT2D eigenvalue weighted by Crippen LogP contribution is 2.25. The second-order valence-corrected chi connectivity index (χ2v) is 7.17. The van der Waals surface area contributed by atoms with Crippen molar-refractivity contribution in [2.24, 2.45) is 0 Å². The summed E-state index contributed by atoms with van der Waals surface area (Å²) in [6, 6.07) is 7.40. The first kappa shape index (κ1) is 17.1. The first-order valence-electron chi connectivity index (χ1n) is 6.83. The normalized spacial score (nSPS) is 12.0. The number of benzene rings is 1. The first-order chi connectivity index (χ1) is 10.6. The van der Waals surface area contributed by atoms with Gasteiger partial charge in [-0.05, 0) is 31.5 Å². The van der Waals surface area contributed by atoms with E-state index in [1.807, 2.05) is 38.1 Å². The highest BCUT2D eigenvalue weighted by atomic mass is 35.5. The third-order valence-electron chi connectivity index (χ3n) is 2.81. The number of carbonyl (C=O) groups excluding carboxylic acids is 1. The van der Waals surface area contributed by atoms with Gasteiger partial charge in [0.1, 0.15) is 0 Å². The summed E-state index contributed by atoms with van der Waals surface area (Å²) in [5.41, 5.74) is 1.02. The summed E-state index contributed by atoms with van der Waals surface area (Å²) in [7, 11) is 0. The number of hydrogen-bond donors (Lipinski definition) is 2. The van der Waals surface area contributed by atoms with Gasteiger partial charge >= 0.3 is 0 Å². The van der Waals surface area contributed by atoms with E-state index in [-0.39, 0.29) is 11.9 Å². The van der Waals surface area contributed by atoms with E-state index >= 15 is 0 Å². The Morgan fingerprint density at radius 1 is 1.36 bits per heavy atom. The van der Waals surface area contributed by atoms with Crippen LogP contribution < -0.4 is 10.6 Å². The number of thioether (sulfide) groups is 1. The lowest BCUT2D eigenvalue weighted by Gasteiger charge is -2.13. The van der Waals surface area contributed by atoms with Crippen LogP contribution in [0.1, 0.15) is 25.5 Å². The molecule has 2 rings (SSSR count). The van der Waals surface area contributed by atoms with Crippen LogP contribution in [0, 0.1) is 0 Å². The molecular formula is C14H17ClN4OS2. The van der Waals surface area contributed by atoms with Gasteiger partial charge in [0.25, 0.3) is 0 Å². The van der Waals surface area contributed by atoms with Gasteiger partial charge in [-0.2, -0.15) is 0 Å². The number of nitrogens with zero attached hydrogens (tertiary/aromatic N) is 2. The molecule has 0 bridgehead atoms. The quantitative estimate of drug-likeness (QED) is 0.742. The summed E-state index contributed by atoms with van der Waals surface area (Å²) >= 11 is 8.69. The van der Waals surface area contributed by atoms with Gasteiger partial charge in [-0.25, -0.2) is 0 Å². The van der Waals surface area contributed by atoms with Crippen LogP contribution in [0.25, 0.3) is 0 Å². The van der Waals surface area contributed by atoms with E-state index in [1.165, 1.54) is 23.1 Å². The van der Waals surface area contributed by atoms with Gasteiger partial charge in [0.2, 0.25) is 11.0 Å². The summed E-state index contributed by atoms with van der Waals surface area (Å²) < 4.78 is 0.783. The SMILES string of the molecule is CCNc1nnc(SCC(=O)NC(C)c2ccc(Cl)cc2)s1. The number of amides is 1. The number of anilines is 1. The van der Waals surface area contributed by atoms with Crippen molar-refractivity contribution in [3.05, 3.63) is 34.9 Å². The van der Waals surface area contributed by atoms with Crippen molar-refractivity contribution in [2.75, 3.05) is 17.6 Å². The molecule has 118 valence electrons. The third-order valence-corrected chi connectivity index (χ3v) is 5.07. The monoisotopic (exact) mass is 356 g/mol. The zero-order chi connectivity index (χ0) is 15.9. The highest BCUT2D eigenvalue weighted by molar-refractivity contribution is 8.01. The van der Waals surface area contributed by atoms with Crippen molar-refractivity contribution in [3.8, 4) is 0 Å². The minimum atomic E-state index is -0.0582. The number of carbonyl (C=O) groups is 1. The lowest BCUT2D eigenvalue weighted by atomic mass is 10.1. The Kier molecular flexibility index (Phi) is 6.48. The molecule has 1 aromatic carbocycles. The molecule has 0 saturated carbocycles. The van der Waals surface area contributed by atoms with Gasteiger partial charge in [0, 0.05) is 11.6 Å². The fourth-order valence-corrected chi connectivity index (χ4v) is 3.49. The van der Waals surface area contributed by atoms with Crippen molar-refractivity contribution in [2.45, 2.75) is 24.2 Å². The Bertz CT molecular complexity index is 618. The van der Waals surface area contributed by atoms with Crippen LogP contribution in [0.15, 0.2) is 28.6 Å². The number of halogens is 1. The molecule has 0 fully saturated rings. The Labute approximate surface area is 142 Å². The summed E-state index contributed by atoms with van der Waals surface area (Å²) in [5.74, 6) is 0.284. The minimum absolute atomic E-state index is 0.0346. The summed E-state index contributed by atoms with van der Waals surface area (Å²) in [6.07, 6.45) is 0. The fraction of sp³-hybridized carbons (Fsp3) is 0.357. The third kappa shape index (κ3) is 5.15. The molecular weight excluding hydrogens is 340 g/mol. The van der Waals surface area contributed by atoms with Crippen molar-refractivity contribution in [1.82, 2.24) is 15.5 Å². The topological polar surface area (TPSA) is 66.9 Å². The predicted molar refractivity (Wildman–Crippen MR) is 92.8 cm³/mol. The van der Waals surface area contributed by atoms with Crippen LogP contribution >= 0.6 is 34.7 Å². The van der Waals surface area contributed by atoms with Gasteiger partial charge in [0.15, 0.2) is 4.34 Å². The number of rotatable bonds is 7. The zero-order valence-electron chi connectivity index (χ0n) is 12.3. The van der Waals surface area contributed by atoms with Crippen LogP contribution in [0.5, 0.6) is 0 Å². The number of nitrogens with one attached hydrogen (secondary N) is 2. The van der Waals surface area contributed by atoms with Crippen molar-refractivity contribution in [3.63, 3.8) is 0 Å². The van der Waals surface area contributed by atoms with Crippen LogP contribution in [0.2, 0.25) is 5.02 Å². The maximum Gasteiger partial charge on any atom is 0.230 e. The molecule has 5 nitrogen and oxygen atoms in total. The summed E-state index contributed by atoms with van der Waals surface area (Å²) in [6.45, 7) is 4.75. The molecule has 1 atom stereocenters. The molecule has 22 heavy (non-hydrogen) atoms. The lowest BCUT2D eigenvalue weighted by Crippen LogP contribution is -2.28. The van der Waals surface area contributed by atoms with Crippen LogP contribution in [0.4, 0.5) is 5.13 Å². The highest BCUT2D eigenvalue weighted by Gasteiger charge is 2.11. The Balaban J connectivity index is 1.80. The van der Waals surface area contributed by atoms with E-state index in [9.17, 15) is 4.79 Å². The molecule has 0 radical (unpaired) electrons. The second-order valence-electron chi connectivity index (χ2n) is 4.53. The van der Waals surface area contributed by atoms with Crippen LogP contribution in [0.3, 0.4) is 0 Å². The van der Waals surface area contributed by atoms with Crippen molar-refractivity contribution < 1.29 is 4.79 Å². The Hall–Kier alpha value is -1.31. The first-order valence-corrected chi connectivity index (χ1v) is 9.01. The molecule has 1 amide bonds.